The van der Waals surface area contributed by atoms with E-state index < -0.39 is 0 Å². The smallest absolute Gasteiger partial charge is 0.274 e. The van der Waals surface area contributed by atoms with E-state index in [-0.39, 0.29) is 5.91 Å². The fraction of sp³-hybridized carbons (Fsp3) is 0.158. The highest BCUT2D eigenvalue weighted by atomic mass is 16.5. The lowest BCUT2D eigenvalue weighted by Gasteiger charge is -2.10. The van der Waals surface area contributed by atoms with Crippen molar-refractivity contribution >= 4 is 22.9 Å². The molecular weight excluding hydrogens is 304 g/mol. The summed E-state index contributed by atoms with van der Waals surface area (Å²) in [5.41, 5.74) is 3.82. The van der Waals surface area contributed by atoms with Crippen LogP contribution in [0.5, 0.6) is 5.75 Å². The van der Waals surface area contributed by atoms with Crippen molar-refractivity contribution in [1.82, 2.24) is 5.43 Å². The van der Waals surface area contributed by atoms with Crippen molar-refractivity contribution in [2.75, 3.05) is 6.61 Å². The van der Waals surface area contributed by atoms with Gasteiger partial charge in [0.05, 0.1) is 24.6 Å². The van der Waals surface area contributed by atoms with E-state index >= 15 is 0 Å². The number of nitrogens with one attached hydrogen (secondary N) is 1. The summed E-state index contributed by atoms with van der Waals surface area (Å²) >= 11 is 0. The second kappa shape index (κ2) is 7.00. The molecule has 1 amide bonds. The van der Waals surface area contributed by atoms with Crippen molar-refractivity contribution in [3.63, 3.8) is 0 Å². The molecule has 0 aliphatic rings. The highest BCUT2D eigenvalue weighted by Gasteiger charge is 2.11. The predicted molar refractivity (Wildman–Crippen MR) is 93.6 cm³/mol. The molecule has 0 bridgehead atoms. The number of aryl methyl sites for hydroxylation is 1. The summed E-state index contributed by atoms with van der Waals surface area (Å²) in [5, 5.41) is 6.18. The molecule has 1 aromatic heterocycles. The zero-order chi connectivity index (χ0) is 16.9. The van der Waals surface area contributed by atoms with Gasteiger partial charge in [0.1, 0.15) is 11.5 Å². The van der Waals surface area contributed by atoms with E-state index in [0.29, 0.717) is 17.9 Å². The number of furan rings is 1. The van der Waals surface area contributed by atoms with Crippen LogP contribution in [0.25, 0.3) is 10.8 Å². The second-order valence-electron chi connectivity index (χ2n) is 5.22. The van der Waals surface area contributed by atoms with Gasteiger partial charge in [0.15, 0.2) is 0 Å². The molecule has 0 spiro atoms. The van der Waals surface area contributed by atoms with Crippen molar-refractivity contribution in [2.45, 2.75) is 13.8 Å². The summed E-state index contributed by atoms with van der Waals surface area (Å²) < 4.78 is 10.8. The topological polar surface area (TPSA) is 63.8 Å². The van der Waals surface area contributed by atoms with Crippen LogP contribution < -0.4 is 10.2 Å². The highest BCUT2D eigenvalue weighted by Crippen LogP contribution is 2.26. The molecule has 122 valence electrons. The minimum Gasteiger partial charge on any atom is -0.493 e. The first-order chi connectivity index (χ1) is 11.7. The van der Waals surface area contributed by atoms with Crippen LogP contribution in [-0.2, 0) is 0 Å². The van der Waals surface area contributed by atoms with Gasteiger partial charge in [-0.05, 0) is 36.8 Å². The molecule has 0 aliphatic heterocycles. The van der Waals surface area contributed by atoms with Gasteiger partial charge in [-0.1, -0.05) is 30.3 Å². The zero-order valence-corrected chi connectivity index (χ0v) is 13.6. The Bertz CT molecular complexity index is 897. The molecule has 3 rings (SSSR count). The van der Waals surface area contributed by atoms with Crippen molar-refractivity contribution in [1.29, 1.82) is 0 Å². The molecule has 0 saturated carbocycles. The van der Waals surface area contributed by atoms with E-state index in [1.165, 1.54) is 6.26 Å². The van der Waals surface area contributed by atoms with E-state index in [4.69, 9.17) is 9.15 Å². The first-order valence-electron chi connectivity index (χ1n) is 7.72. The summed E-state index contributed by atoms with van der Waals surface area (Å²) in [6, 6.07) is 13.5. The van der Waals surface area contributed by atoms with E-state index in [1.807, 2.05) is 43.3 Å². The minimum atomic E-state index is -0.310. The van der Waals surface area contributed by atoms with Crippen molar-refractivity contribution in [2.24, 2.45) is 5.10 Å². The normalized spacial score (nSPS) is 11.1. The number of carbonyl (C=O) groups is 1. The van der Waals surface area contributed by atoms with Crippen LogP contribution in [0, 0.1) is 6.92 Å². The van der Waals surface area contributed by atoms with Gasteiger partial charge in [0.2, 0.25) is 0 Å². The molecule has 0 aliphatic carbocycles. The van der Waals surface area contributed by atoms with Crippen molar-refractivity contribution in [3.8, 4) is 5.75 Å². The van der Waals surface area contributed by atoms with Crippen LogP contribution in [0.3, 0.4) is 0 Å². The van der Waals surface area contributed by atoms with Gasteiger partial charge in [0.25, 0.3) is 5.91 Å². The molecule has 0 unspecified atom stereocenters. The third-order valence-corrected chi connectivity index (χ3v) is 3.69. The number of benzene rings is 2. The number of amides is 1. The Labute approximate surface area is 139 Å². The molecule has 0 radical (unpaired) electrons. The number of carbonyl (C=O) groups excluding carboxylic acids is 1. The molecule has 24 heavy (non-hydrogen) atoms. The summed E-state index contributed by atoms with van der Waals surface area (Å²) in [6.45, 7) is 4.22. The first-order valence-corrected chi connectivity index (χ1v) is 7.72. The maximum absolute atomic E-state index is 12.1. The molecule has 5 nitrogen and oxygen atoms in total. The third-order valence-electron chi connectivity index (χ3n) is 3.69. The van der Waals surface area contributed by atoms with Crippen LogP contribution in [0.2, 0.25) is 0 Å². The Morgan fingerprint density at radius 3 is 2.83 bits per heavy atom. The molecule has 0 saturated heterocycles. The molecule has 3 aromatic rings. The van der Waals surface area contributed by atoms with Gasteiger partial charge in [-0.2, -0.15) is 5.10 Å². The summed E-state index contributed by atoms with van der Waals surface area (Å²) in [7, 11) is 0. The van der Waals surface area contributed by atoms with Crippen LogP contribution >= 0.6 is 0 Å². The van der Waals surface area contributed by atoms with Gasteiger partial charge in [-0.25, -0.2) is 5.43 Å². The summed E-state index contributed by atoms with van der Waals surface area (Å²) in [6.07, 6.45) is 3.09. The molecule has 1 N–H and O–H groups in total. The average Bonchev–Trinajstić information content (AvgIpc) is 3.02. The van der Waals surface area contributed by atoms with E-state index in [2.05, 4.69) is 10.5 Å². The number of hydrazone groups is 1. The Balaban J connectivity index is 1.89. The minimum absolute atomic E-state index is 0.310. The van der Waals surface area contributed by atoms with E-state index in [0.717, 1.165) is 22.1 Å². The highest BCUT2D eigenvalue weighted by molar-refractivity contribution is 6.03. The number of hydrogen-bond donors (Lipinski definition) is 1. The largest absolute Gasteiger partial charge is 0.493 e. The Morgan fingerprint density at radius 2 is 2.08 bits per heavy atom. The zero-order valence-electron chi connectivity index (χ0n) is 13.6. The van der Waals surface area contributed by atoms with Gasteiger partial charge in [-0.15, -0.1) is 0 Å². The molecule has 2 aromatic carbocycles. The predicted octanol–water partition coefficient (Wildman–Crippen LogP) is 3.90. The summed E-state index contributed by atoms with van der Waals surface area (Å²) in [4.78, 5) is 12.1. The third kappa shape index (κ3) is 3.15. The molecule has 0 fully saturated rings. The molecular formula is C19H18N2O3. The van der Waals surface area contributed by atoms with Gasteiger partial charge >= 0.3 is 0 Å². The quantitative estimate of drug-likeness (QED) is 0.572. The van der Waals surface area contributed by atoms with E-state index in [9.17, 15) is 4.79 Å². The number of ether oxygens (including phenoxy) is 1. The average molecular weight is 322 g/mol. The Morgan fingerprint density at radius 1 is 1.25 bits per heavy atom. The number of nitrogens with zero attached hydrogens (tertiary/aromatic N) is 1. The maximum Gasteiger partial charge on any atom is 0.274 e. The van der Waals surface area contributed by atoms with Crippen molar-refractivity contribution < 1.29 is 13.9 Å². The number of fused-ring (bicyclic) bond motifs is 1. The fourth-order valence-corrected chi connectivity index (χ4v) is 2.53. The van der Waals surface area contributed by atoms with Gasteiger partial charge in [0, 0.05) is 5.56 Å². The number of hydrogen-bond acceptors (Lipinski definition) is 4. The fourth-order valence-electron chi connectivity index (χ4n) is 2.53. The number of rotatable bonds is 5. The summed E-state index contributed by atoms with van der Waals surface area (Å²) in [5.74, 6) is 0.979. The maximum atomic E-state index is 12.1. The SMILES string of the molecule is CCOc1ccc2ccccc2c1/C=N\NC(=O)c1ccoc1C. The van der Waals surface area contributed by atoms with Crippen LogP contribution in [0.1, 0.15) is 28.6 Å². The van der Waals surface area contributed by atoms with Gasteiger partial charge < -0.3 is 9.15 Å². The van der Waals surface area contributed by atoms with Crippen LogP contribution in [-0.4, -0.2) is 18.7 Å². The Hall–Kier alpha value is -3.08. The lowest BCUT2D eigenvalue weighted by atomic mass is 10.0. The van der Waals surface area contributed by atoms with Gasteiger partial charge in [-0.3, -0.25) is 4.79 Å². The lowest BCUT2D eigenvalue weighted by molar-refractivity contribution is 0.0953. The first kappa shape index (κ1) is 15.8. The molecule has 0 atom stereocenters. The van der Waals surface area contributed by atoms with Crippen LogP contribution in [0.4, 0.5) is 0 Å². The molecule has 5 heteroatoms. The van der Waals surface area contributed by atoms with E-state index in [1.54, 1.807) is 19.2 Å². The Kier molecular flexibility index (Phi) is 4.61. The molecule has 1 heterocycles. The second-order valence-corrected chi connectivity index (χ2v) is 5.22. The standard InChI is InChI=1S/C19H18N2O3/c1-3-23-18-9-8-14-6-4-5-7-16(14)17(18)12-20-21-19(22)15-10-11-24-13(15)2/h4-12H,3H2,1-2H3,(H,21,22)/b20-12-. The van der Waals surface area contributed by atoms with Crippen LogP contribution in [0.15, 0.2) is 58.2 Å². The lowest BCUT2D eigenvalue weighted by Crippen LogP contribution is -2.17. The monoisotopic (exact) mass is 322 g/mol. The van der Waals surface area contributed by atoms with Crippen molar-refractivity contribution in [3.05, 3.63) is 65.6 Å².